The summed E-state index contributed by atoms with van der Waals surface area (Å²) in [6.07, 6.45) is -1.81. The van der Waals surface area contributed by atoms with Gasteiger partial charge in [0.2, 0.25) is 10.0 Å². The maximum Gasteiger partial charge on any atom is 0.416 e. The van der Waals surface area contributed by atoms with Crippen molar-refractivity contribution in [1.29, 1.82) is 0 Å². The second kappa shape index (κ2) is 8.34. The molecule has 32 heavy (non-hydrogen) atoms. The normalized spacial score (nSPS) is 12.0. The van der Waals surface area contributed by atoms with E-state index in [4.69, 9.17) is 9.88 Å². The van der Waals surface area contributed by atoms with Crippen molar-refractivity contribution in [2.75, 3.05) is 0 Å². The number of alkyl halides is 3. The van der Waals surface area contributed by atoms with Crippen LogP contribution in [0.5, 0.6) is 11.5 Å². The molecule has 2 aromatic heterocycles. The van der Waals surface area contributed by atoms with Gasteiger partial charge in [-0.1, -0.05) is 0 Å². The summed E-state index contributed by atoms with van der Waals surface area (Å²) in [6, 6.07) is 12.5. The molecule has 6 nitrogen and oxygen atoms in total. The minimum atomic E-state index is -4.46. The lowest BCUT2D eigenvalue weighted by molar-refractivity contribution is -0.137. The second-order valence-corrected chi connectivity index (χ2v) is 9.02. The van der Waals surface area contributed by atoms with E-state index in [1.54, 1.807) is 35.8 Å². The molecule has 0 aliphatic carbocycles. The summed E-state index contributed by atoms with van der Waals surface area (Å²) in [5, 5.41) is 7.48. The fraction of sp³-hybridized carbons (Fsp3) is 0.0476. The molecule has 4 rings (SSSR count). The van der Waals surface area contributed by atoms with Crippen LogP contribution in [0.25, 0.3) is 21.8 Å². The number of nitrogens with zero attached hydrogens (tertiary/aromatic N) is 2. The lowest BCUT2D eigenvalue weighted by Gasteiger charge is -2.11. The van der Waals surface area contributed by atoms with Crippen LogP contribution < -0.4 is 9.88 Å². The SMILES string of the molecule is NS(=O)(=O)c1ccc(Oc2ccc(-c3cc(C(F)(F)F)ccn3)cc2)cc1-c1nccs1. The standard InChI is InChI=1S/C21H14F3N3O3S2/c22-21(23,24)14-7-8-26-18(11-14)13-1-3-15(4-2-13)30-16-5-6-19(32(25,28)29)17(12-16)20-27-9-10-31-20/h1-12H,(H2,25,28,29). The molecule has 0 unspecified atom stereocenters. The van der Waals surface area contributed by atoms with Crippen molar-refractivity contribution in [3.63, 3.8) is 0 Å². The van der Waals surface area contributed by atoms with Crippen molar-refractivity contribution in [2.24, 2.45) is 5.14 Å². The maximum absolute atomic E-state index is 12.9. The Morgan fingerprint density at radius 2 is 1.62 bits per heavy atom. The molecule has 0 aliphatic heterocycles. The van der Waals surface area contributed by atoms with Crippen LogP contribution in [-0.2, 0) is 16.2 Å². The van der Waals surface area contributed by atoms with Crippen LogP contribution in [0.15, 0.2) is 77.3 Å². The fourth-order valence-corrected chi connectivity index (χ4v) is 4.39. The zero-order chi connectivity index (χ0) is 22.9. The molecule has 0 fully saturated rings. The molecular formula is C21H14F3N3O3S2. The van der Waals surface area contributed by atoms with Gasteiger partial charge in [-0.3, -0.25) is 4.98 Å². The molecular weight excluding hydrogens is 463 g/mol. The van der Waals surface area contributed by atoms with Crippen LogP contribution in [0, 0.1) is 0 Å². The lowest BCUT2D eigenvalue weighted by Crippen LogP contribution is -2.13. The Morgan fingerprint density at radius 3 is 2.25 bits per heavy atom. The van der Waals surface area contributed by atoms with Crippen molar-refractivity contribution < 1.29 is 26.3 Å². The van der Waals surface area contributed by atoms with Crippen LogP contribution in [0.3, 0.4) is 0 Å². The molecule has 2 aromatic carbocycles. The van der Waals surface area contributed by atoms with Crippen molar-refractivity contribution in [1.82, 2.24) is 9.97 Å². The molecule has 4 aromatic rings. The molecule has 0 aliphatic rings. The smallest absolute Gasteiger partial charge is 0.416 e. The number of hydrogen-bond donors (Lipinski definition) is 1. The highest BCUT2D eigenvalue weighted by Gasteiger charge is 2.30. The number of ether oxygens (including phenoxy) is 1. The van der Waals surface area contributed by atoms with Crippen molar-refractivity contribution in [3.05, 3.63) is 77.9 Å². The molecule has 2 N–H and O–H groups in total. The number of benzene rings is 2. The minimum absolute atomic E-state index is 0.0780. The first-order valence-corrected chi connectivity index (χ1v) is 11.4. The number of primary sulfonamides is 1. The van der Waals surface area contributed by atoms with E-state index in [-0.39, 0.29) is 10.6 Å². The summed E-state index contributed by atoms with van der Waals surface area (Å²) in [7, 11) is -3.98. The lowest BCUT2D eigenvalue weighted by atomic mass is 10.1. The first-order valence-electron chi connectivity index (χ1n) is 8.99. The number of nitrogens with two attached hydrogens (primary N) is 1. The van der Waals surface area contributed by atoms with E-state index in [2.05, 4.69) is 9.97 Å². The predicted molar refractivity (Wildman–Crippen MR) is 114 cm³/mol. The highest BCUT2D eigenvalue weighted by molar-refractivity contribution is 7.89. The Balaban J connectivity index is 1.61. The zero-order valence-electron chi connectivity index (χ0n) is 16.1. The molecule has 11 heteroatoms. The summed E-state index contributed by atoms with van der Waals surface area (Å²) in [6.45, 7) is 0. The molecule has 0 spiro atoms. The summed E-state index contributed by atoms with van der Waals surface area (Å²) in [5.74, 6) is 0.738. The van der Waals surface area contributed by atoms with E-state index in [0.717, 1.165) is 18.3 Å². The largest absolute Gasteiger partial charge is 0.457 e. The van der Waals surface area contributed by atoms with Gasteiger partial charge in [-0.25, -0.2) is 18.5 Å². The van der Waals surface area contributed by atoms with Crippen molar-refractivity contribution >= 4 is 21.4 Å². The molecule has 0 bridgehead atoms. The molecule has 164 valence electrons. The van der Waals surface area contributed by atoms with E-state index < -0.39 is 21.8 Å². The first kappa shape index (κ1) is 21.9. The first-order chi connectivity index (χ1) is 15.1. The summed E-state index contributed by atoms with van der Waals surface area (Å²) in [5.41, 5.74) is 0.184. The fourth-order valence-electron chi connectivity index (χ4n) is 2.94. The van der Waals surface area contributed by atoms with Gasteiger partial charge in [-0.05, 0) is 54.6 Å². The summed E-state index contributed by atoms with van der Waals surface area (Å²) in [4.78, 5) is 8.05. The van der Waals surface area contributed by atoms with Crippen LogP contribution in [-0.4, -0.2) is 18.4 Å². The average Bonchev–Trinajstić information content (AvgIpc) is 3.28. The van der Waals surface area contributed by atoms with Gasteiger partial charge in [0, 0.05) is 28.9 Å². The zero-order valence-corrected chi connectivity index (χ0v) is 17.7. The number of sulfonamides is 1. The van der Waals surface area contributed by atoms with Crippen molar-refractivity contribution in [2.45, 2.75) is 11.1 Å². The number of thiazole rings is 1. The van der Waals surface area contributed by atoms with E-state index in [0.29, 0.717) is 27.6 Å². The van der Waals surface area contributed by atoms with Gasteiger partial charge >= 0.3 is 6.18 Å². The second-order valence-electron chi connectivity index (χ2n) is 6.59. The van der Waals surface area contributed by atoms with Gasteiger partial charge in [-0.15, -0.1) is 11.3 Å². The summed E-state index contributed by atoms with van der Waals surface area (Å²) < 4.78 is 68.4. The number of pyridine rings is 1. The molecule has 0 atom stereocenters. The summed E-state index contributed by atoms with van der Waals surface area (Å²) >= 11 is 1.25. The Labute approximate surface area is 185 Å². The third kappa shape index (κ3) is 4.79. The molecule has 0 amide bonds. The van der Waals surface area contributed by atoms with E-state index in [1.165, 1.54) is 29.5 Å². The van der Waals surface area contributed by atoms with Gasteiger partial charge in [0.25, 0.3) is 0 Å². The Kier molecular flexibility index (Phi) is 5.71. The third-order valence-electron chi connectivity index (χ3n) is 4.39. The average molecular weight is 477 g/mol. The van der Waals surface area contributed by atoms with E-state index >= 15 is 0 Å². The van der Waals surface area contributed by atoms with Crippen LogP contribution in [0.2, 0.25) is 0 Å². The van der Waals surface area contributed by atoms with Crippen LogP contribution >= 0.6 is 11.3 Å². The van der Waals surface area contributed by atoms with Gasteiger partial charge in [0.1, 0.15) is 16.5 Å². The number of rotatable bonds is 5. The molecule has 2 heterocycles. The monoisotopic (exact) mass is 477 g/mol. The molecule has 0 radical (unpaired) electrons. The number of halogens is 3. The minimum Gasteiger partial charge on any atom is -0.457 e. The van der Waals surface area contributed by atoms with Gasteiger partial charge in [0.05, 0.1) is 16.2 Å². The Bertz CT molecular complexity index is 1360. The highest BCUT2D eigenvalue weighted by atomic mass is 32.2. The number of aromatic nitrogens is 2. The van der Waals surface area contributed by atoms with Crippen LogP contribution in [0.4, 0.5) is 13.2 Å². The maximum atomic E-state index is 12.9. The number of hydrogen-bond acceptors (Lipinski definition) is 6. The van der Waals surface area contributed by atoms with E-state index in [1.807, 2.05) is 0 Å². The van der Waals surface area contributed by atoms with E-state index in [9.17, 15) is 21.6 Å². The Morgan fingerprint density at radius 1 is 0.906 bits per heavy atom. The molecule has 0 saturated carbocycles. The quantitative estimate of drug-likeness (QED) is 0.419. The van der Waals surface area contributed by atoms with Crippen molar-refractivity contribution in [3.8, 4) is 33.3 Å². The highest BCUT2D eigenvalue weighted by Crippen LogP contribution is 2.35. The Hall–Kier alpha value is -3.28. The van der Waals surface area contributed by atoms with Crippen LogP contribution in [0.1, 0.15) is 5.56 Å². The van der Waals surface area contributed by atoms with Gasteiger partial charge in [0.15, 0.2) is 0 Å². The predicted octanol–water partition coefficient (Wildman–Crippen LogP) is 5.33. The topological polar surface area (TPSA) is 95.2 Å². The molecule has 0 saturated heterocycles. The third-order valence-corrected chi connectivity index (χ3v) is 6.17. The van der Waals surface area contributed by atoms with Gasteiger partial charge < -0.3 is 4.74 Å². The van der Waals surface area contributed by atoms with Gasteiger partial charge in [-0.2, -0.15) is 13.2 Å².